The average Bonchev–Trinajstić information content (AvgIpc) is 2.89. The van der Waals surface area contributed by atoms with Crippen LogP contribution in [0, 0.1) is 23.4 Å². The number of para-hydroxylation sites is 1. The van der Waals surface area contributed by atoms with Gasteiger partial charge in [0.15, 0.2) is 6.10 Å². The maximum atomic E-state index is 14.7. The molecule has 3 aliphatic rings. The van der Waals surface area contributed by atoms with Crippen molar-refractivity contribution in [2.75, 3.05) is 31.1 Å². The van der Waals surface area contributed by atoms with Crippen molar-refractivity contribution in [1.82, 2.24) is 0 Å². The van der Waals surface area contributed by atoms with E-state index in [0.717, 1.165) is 55.5 Å². The number of carbonyl (C=O) groups excluding carboxylic acids is 1. The molecule has 0 aromatic heterocycles. The van der Waals surface area contributed by atoms with Crippen molar-refractivity contribution in [2.45, 2.75) is 31.9 Å². The van der Waals surface area contributed by atoms with Crippen LogP contribution < -0.4 is 4.90 Å². The molecular formula is C29H30F3N2O2+. The Bertz CT molecular complexity index is 1190. The molecule has 3 heterocycles. The van der Waals surface area contributed by atoms with Crippen LogP contribution in [0.5, 0.6) is 0 Å². The van der Waals surface area contributed by atoms with E-state index in [1.807, 2.05) is 12.1 Å². The molecule has 1 amide bonds. The molecular weight excluding hydrogens is 465 g/mol. The summed E-state index contributed by atoms with van der Waals surface area (Å²) in [6.07, 6.45) is 1.92. The van der Waals surface area contributed by atoms with Crippen LogP contribution in [0.15, 0.2) is 72.8 Å². The highest BCUT2D eigenvalue weighted by molar-refractivity contribution is 5.87. The Morgan fingerprint density at radius 3 is 2.11 bits per heavy atom. The van der Waals surface area contributed by atoms with Crippen LogP contribution in [-0.4, -0.2) is 42.9 Å². The van der Waals surface area contributed by atoms with E-state index in [0.29, 0.717) is 5.56 Å². The van der Waals surface area contributed by atoms with Crippen LogP contribution in [0.2, 0.25) is 0 Å². The van der Waals surface area contributed by atoms with Gasteiger partial charge in [-0.1, -0.05) is 36.4 Å². The summed E-state index contributed by atoms with van der Waals surface area (Å²) in [5.41, 5.74) is 1.90. The van der Waals surface area contributed by atoms with Gasteiger partial charge in [-0.25, -0.2) is 18.0 Å². The number of nitrogens with zero attached hydrogens (tertiary/aromatic N) is 2. The first-order valence-corrected chi connectivity index (χ1v) is 12.5. The van der Waals surface area contributed by atoms with Crippen molar-refractivity contribution in [3.8, 4) is 0 Å². The van der Waals surface area contributed by atoms with Gasteiger partial charge in [0.25, 0.3) is 0 Å². The first-order valence-electron chi connectivity index (χ1n) is 12.5. The Labute approximate surface area is 209 Å². The molecule has 3 fully saturated rings. The fourth-order valence-corrected chi connectivity index (χ4v) is 5.57. The largest absolute Gasteiger partial charge is 0.440 e. The Kier molecular flexibility index (Phi) is 7.01. The standard InChI is InChI=1S/C29H30F3N2O2/c30-24-9-5-21(6-10-24)13-16-34-17-14-23(15-18-34)28(20-34)36-29(35)33(27-4-2-1-3-26(27)32)19-22-7-11-25(31)12-8-22/h1-12,23,28H,13-20H2/q+1/t23?,28-,34?/m0/s1. The Morgan fingerprint density at radius 1 is 0.861 bits per heavy atom. The molecule has 2 bridgehead atoms. The first-order chi connectivity index (χ1) is 17.4. The Morgan fingerprint density at radius 2 is 1.47 bits per heavy atom. The third-order valence-electron chi connectivity index (χ3n) is 7.70. The zero-order valence-electron chi connectivity index (χ0n) is 20.1. The van der Waals surface area contributed by atoms with Gasteiger partial charge in [0.2, 0.25) is 0 Å². The molecule has 0 aliphatic carbocycles. The first kappa shape index (κ1) is 24.4. The van der Waals surface area contributed by atoms with E-state index in [1.54, 1.807) is 30.3 Å². The van der Waals surface area contributed by atoms with Crippen LogP contribution in [0.1, 0.15) is 24.0 Å². The highest BCUT2D eigenvalue weighted by atomic mass is 19.1. The highest BCUT2D eigenvalue weighted by Gasteiger charge is 2.47. The monoisotopic (exact) mass is 495 g/mol. The molecule has 0 saturated carbocycles. The number of fused-ring (bicyclic) bond motifs is 3. The van der Waals surface area contributed by atoms with Crippen molar-refractivity contribution in [1.29, 1.82) is 0 Å². The van der Waals surface area contributed by atoms with Gasteiger partial charge in [0, 0.05) is 25.2 Å². The maximum absolute atomic E-state index is 14.7. The van der Waals surface area contributed by atoms with Gasteiger partial charge in [-0.15, -0.1) is 0 Å². The van der Waals surface area contributed by atoms with Crippen LogP contribution in [0.3, 0.4) is 0 Å². The van der Waals surface area contributed by atoms with Crippen LogP contribution in [0.4, 0.5) is 23.7 Å². The second kappa shape index (κ2) is 10.3. The van der Waals surface area contributed by atoms with Crippen molar-refractivity contribution in [3.05, 3.63) is 101 Å². The Balaban J connectivity index is 1.30. The van der Waals surface area contributed by atoms with Gasteiger partial charge in [-0.05, 0) is 47.5 Å². The lowest BCUT2D eigenvalue weighted by atomic mass is 9.83. The molecule has 3 aliphatic heterocycles. The number of piperidine rings is 3. The molecule has 36 heavy (non-hydrogen) atoms. The lowest BCUT2D eigenvalue weighted by molar-refractivity contribution is -0.945. The number of amides is 1. The molecule has 3 aromatic rings. The fraction of sp³-hybridized carbons (Fsp3) is 0.345. The predicted octanol–water partition coefficient (Wildman–Crippen LogP) is 6.10. The van der Waals surface area contributed by atoms with Crippen LogP contribution in [0.25, 0.3) is 0 Å². The fourth-order valence-electron chi connectivity index (χ4n) is 5.57. The van der Waals surface area contributed by atoms with Crippen LogP contribution >= 0.6 is 0 Å². The smallest absolute Gasteiger partial charge is 0.415 e. The number of carbonyl (C=O) groups is 1. The van der Waals surface area contributed by atoms with Gasteiger partial charge in [-0.3, -0.25) is 4.90 Å². The number of benzene rings is 3. The number of rotatable bonds is 7. The summed E-state index contributed by atoms with van der Waals surface area (Å²) in [7, 11) is 0. The second-order valence-corrected chi connectivity index (χ2v) is 10.00. The summed E-state index contributed by atoms with van der Waals surface area (Å²) < 4.78 is 48.3. The van der Waals surface area contributed by atoms with Crippen molar-refractivity contribution in [2.24, 2.45) is 5.92 Å². The molecule has 0 unspecified atom stereocenters. The average molecular weight is 496 g/mol. The third-order valence-corrected chi connectivity index (χ3v) is 7.70. The maximum Gasteiger partial charge on any atom is 0.415 e. The lowest BCUT2D eigenvalue weighted by Gasteiger charge is -2.52. The summed E-state index contributed by atoms with van der Waals surface area (Å²) >= 11 is 0. The molecule has 0 N–H and O–H groups in total. The zero-order valence-corrected chi connectivity index (χ0v) is 20.1. The number of halogens is 3. The normalized spacial score (nSPS) is 22.9. The summed E-state index contributed by atoms with van der Waals surface area (Å²) in [5.74, 6) is -0.848. The topological polar surface area (TPSA) is 29.5 Å². The quantitative estimate of drug-likeness (QED) is 0.371. The summed E-state index contributed by atoms with van der Waals surface area (Å²) in [4.78, 5) is 14.7. The molecule has 3 saturated heterocycles. The van der Waals surface area contributed by atoms with Crippen molar-refractivity contribution in [3.63, 3.8) is 0 Å². The van der Waals surface area contributed by atoms with E-state index in [-0.39, 0.29) is 35.9 Å². The van der Waals surface area contributed by atoms with Gasteiger partial charge in [-0.2, -0.15) is 0 Å². The van der Waals surface area contributed by atoms with Crippen molar-refractivity contribution < 1.29 is 27.2 Å². The second-order valence-electron chi connectivity index (χ2n) is 10.00. The minimum Gasteiger partial charge on any atom is -0.440 e. The Hall–Kier alpha value is -3.32. The number of anilines is 1. The van der Waals surface area contributed by atoms with E-state index in [4.69, 9.17) is 4.74 Å². The minimum absolute atomic E-state index is 0.0714. The summed E-state index contributed by atoms with van der Waals surface area (Å²) in [5, 5.41) is 0. The molecule has 1 atom stereocenters. The number of quaternary nitrogens is 1. The van der Waals surface area contributed by atoms with Gasteiger partial charge in [0.05, 0.1) is 31.9 Å². The molecule has 188 valence electrons. The molecule has 0 radical (unpaired) electrons. The summed E-state index contributed by atoms with van der Waals surface area (Å²) in [6.45, 7) is 3.76. The predicted molar refractivity (Wildman–Crippen MR) is 132 cm³/mol. The SMILES string of the molecule is O=C(O[C@H]1C[N+]2(CCc3ccc(F)cc3)CCC1CC2)N(Cc1ccc(F)cc1)c1ccccc1F. The van der Waals surface area contributed by atoms with Crippen molar-refractivity contribution >= 4 is 11.8 Å². The molecule has 7 heteroatoms. The minimum atomic E-state index is -0.597. The molecule has 4 nitrogen and oxygen atoms in total. The number of hydrogen-bond acceptors (Lipinski definition) is 2. The molecule has 6 rings (SSSR count). The van der Waals surface area contributed by atoms with E-state index >= 15 is 0 Å². The summed E-state index contributed by atoms with van der Waals surface area (Å²) in [6, 6.07) is 18.5. The number of ether oxygens (including phenoxy) is 1. The van der Waals surface area contributed by atoms with Gasteiger partial charge >= 0.3 is 6.09 Å². The third kappa shape index (κ3) is 5.41. The van der Waals surface area contributed by atoms with E-state index in [9.17, 15) is 18.0 Å². The van der Waals surface area contributed by atoms with E-state index in [1.165, 1.54) is 35.2 Å². The van der Waals surface area contributed by atoms with E-state index < -0.39 is 11.9 Å². The van der Waals surface area contributed by atoms with E-state index in [2.05, 4.69) is 0 Å². The number of hydrogen-bond donors (Lipinski definition) is 0. The highest BCUT2D eigenvalue weighted by Crippen LogP contribution is 2.36. The van der Waals surface area contributed by atoms with Gasteiger partial charge in [0.1, 0.15) is 24.0 Å². The molecule has 0 spiro atoms. The van der Waals surface area contributed by atoms with Gasteiger partial charge < -0.3 is 9.22 Å². The lowest BCUT2D eigenvalue weighted by Crippen LogP contribution is -2.65. The van der Waals surface area contributed by atoms with Crippen LogP contribution in [-0.2, 0) is 17.7 Å². The molecule has 3 aromatic carbocycles. The zero-order chi connectivity index (χ0) is 25.1.